The molecule has 0 aliphatic carbocycles. The number of rotatable bonds is 7. The van der Waals surface area contributed by atoms with Gasteiger partial charge in [-0.3, -0.25) is 9.59 Å². The molecule has 0 saturated carbocycles. The topological polar surface area (TPSA) is 112 Å². The van der Waals surface area contributed by atoms with Crippen molar-refractivity contribution in [2.75, 3.05) is 44.8 Å². The van der Waals surface area contributed by atoms with E-state index in [9.17, 15) is 23.9 Å². The van der Waals surface area contributed by atoms with Gasteiger partial charge in [0.2, 0.25) is 11.8 Å². The summed E-state index contributed by atoms with van der Waals surface area (Å²) in [4.78, 5) is 41.3. The lowest BCUT2D eigenvalue weighted by atomic mass is 10.1. The van der Waals surface area contributed by atoms with Gasteiger partial charge in [-0.15, -0.1) is 0 Å². The van der Waals surface area contributed by atoms with Crippen LogP contribution in [0.1, 0.15) is 5.56 Å². The maximum absolute atomic E-state index is 13.2. The van der Waals surface area contributed by atoms with Crippen LogP contribution in [0.25, 0.3) is 11.0 Å². The van der Waals surface area contributed by atoms with Crippen molar-refractivity contribution in [3.05, 3.63) is 70.3 Å². The van der Waals surface area contributed by atoms with E-state index in [0.717, 1.165) is 5.69 Å². The molecule has 1 atom stereocenters. The number of piperazine rings is 1. The van der Waals surface area contributed by atoms with Crippen molar-refractivity contribution in [2.24, 2.45) is 0 Å². The van der Waals surface area contributed by atoms with Crippen molar-refractivity contribution >= 4 is 28.5 Å². The van der Waals surface area contributed by atoms with E-state index in [2.05, 4.69) is 5.32 Å². The molecule has 0 radical (unpaired) electrons. The SMILES string of the molecule is COc1ccc2c(CC(=O)N[C@@H](CO)C(=O)N3CCN(c4ccc(F)cc4)CC3)cc(=O)oc2c1. The summed E-state index contributed by atoms with van der Waals surface area (Å²) < 4.78 is 23.5. The Morgan fingerprint density at radius 3 is 2.49 bits per heavy atom. The third-order valence-corrected chi connectivity index (χ3v) is 5.99. The van der Waals surface area contributed by atoms with Gasteiger partial charge in [0.05, 0.1) is 20.1 Å². The van der Waals surface area contributed by atoms with Gasteiger partial charge in [-0.05, 0) is 42.0 Å². The van der Waals surface area contributed by atoms with Crippen molar-refractivity contribution in [2.45, 2.75) is 12.5 Å². The molecule has 2 N–H and O–H groups in total. The van der Waals surface area contributed by atoms with Crippen molar-refractivity contribution in [1.82, 2.24) is 10.2 Å². The number of carbonyl (C=O) groups excluding carboxylic acids is 2. The molecule has 0 spiro atoms. The number of aliphatic hydroxyl groups excluding tert-OH is 1. The van der Waals surface area contributed by atoms with Crippen LogP contribution >= 0.6 is 0 Å². The Morgan fingerprint density at radius 1 is 1.11 bits per heavy atom. The zero-order valence-electron chi connectivity index (χ0n) is 19.2. The smallest absolute Gasteiger partial charge is 0.336 e. The Labute approximate surface area is 200 Å². The summed E-state index contributed by atoms with van der Waals surface area (Å²) in [6.45, 7) is 1.32. The lowest BCUT2D eigenvalue weighted by molar-refractivity contribution is -0.137. The maximum Gasteiger partial charge on any atom is 0.336 e. The van der Waals surface area contributed by atoms with Gasteiger partial charge >= 0.3 is 5.63 Å². The molecule has 184 valence electrons. The van der Waals surface area contributed by atoms with E-state index in [-0.39, 0.29) is 23.7 Å². The molecule has 3 aromatic rings. The van der Waals surface area contributed by atoms with Gasteiger partial charge in [0.1, 0.15) is 23.2 Å². The Morgan fingerprint density at radius 2 is 1.83 bits per heavy atom. The molecule has 1 aliphatic rings. The van der Waals surface area contributed by atoms with Crippen molar-refractivity contribution in [3.63, 3.8) is 0 Å². The molecule has 2 amide bonds. The fraction of sp³-hybridized carbons (Fsp3) is 0.320. The second-order valence-electron chi connectivity index (χ2n) is 8.22. The number of fused-ring (bicyclic) bond motifs is 1. The summed E-state index contributed by atoms with van der Waals surface area (Å²) in [5.74, 6) is -0.701. The van der Waals surface area contributed by atoms with Gasteiger partial charge in [-0.1, -0.05) is 0 Å². The number of aliphatic hydroxyl groups is 1. The van der Waals surface area contributed by atoms with Crippen LogP contribution in [0.3, 0.4) is 0 Å². The number of hydrogen-bond donors (Lipinski definition) is 2. The van der Waals surface area contributed by atoms with Crippen LogP contribution in [0.5, 0.6) is 5.75 Å². The molecule has 1 aliphatic heterocycles. The standard InChI is InChI=1S/C25H26FN3O6/c1-34-19-6-7-20-16(13-24(32)35-22(20)14-19)12-23(31)27-21(15-30)25(33)29-10-8-28(9-11-29)18-4-2-17(26)3-5-18/h2-7,13-14,21,30H,8-12,15H2,1H3,(H,27,31)/t21-/m0/s1. The molecule has 10 heteroatoms. The average Bonchev–Trinajstić information content (AvgIpc) is 2.87. The van der Waals surface area contributed by atoms with Crippen LogP contribution in [0, 0.1) is 5.82 Å². The molecular weight excluding hydrogens is 457 g/mol. The van der Waals surface area contributed by atoms with Crippen LogP contribution in [0.2, 0.25) is 0 Å². The first-order valence-electron chi connectivity index (χ1n) is 11.2. The van der Waals surface area contributed by atoms with Crippen molar-refractivity contribution in [3.8, 4) is 5.75 Å². The minimum atomic E-state index is -1.11. The Balaban J connectivity index is 1.38. The van der Waals surface area contributed by atoms with Gasteiger partial charge in [0, 0.05) is 49.4 Å². The summed E-state index contributed by atoms with van der Waals surface area (Å²) in [5.41, 5.74) is 0.979. The molecule has 1 aromatic heterocycles. The first-order chi connectivity index (χ1) is 16.9. The monoisotopic (exact) mass is 483 g/mol. The highest BCUT2D eigenvalue weighted by Crippen LogP contribution is 2.23. The first kappa shape index (κ1) is 24.2. The highest BCUT2D eigenvalue weighted by molar-refractivity contribution is 5.91. The number of anilines is 1. The summed E-state index contributed by atoms with van der Waals surface area (Å²) in [6.07, 6.45) is -0.170. The van der Waals surface area contributed by atoms with Crippen LogP contribution < -0.4 is 20.6 Å². The molecule has 35 heavy (non-hydrogen) atoms. The van der Waals surface area contributed by atoms with E-state index < -0.39 is 24.2 Å². The minimum Gasteiger partial charge on any atom is -0.497 e. The number of nitrogens with one attached hydrogen (secondary N) is 1. The Kier molecular flexibility index (Phi) is 7.31. The number of halogens is 1. The highest BCUT2D eigenvalue weighted by atomic mass is 19.1. The van der Waals surface area contributed by atoms with Crippen LogP contribution in [-0.2, 0) is 16.0 Å². The third-order valence-electron chi connectivity index (χ3n) is 5.99. The lowest BCUT2D eigenvalue weighted by Gasteiger charge is -2.37. The molecule has 1 saturated heterocycles. The van der Waals surface area contributed by atoms with Crippen LogP contribution in [0.4, 0.5) is 10.1 Å². The van der Waals surface area contributed by atoms with Gasteiger partial charge < -0.3 is 29.4 Å². The molecule has 0 unspecified atom stereocenters. The lowest BCUT2D eigenvalue weighted by Crippen LogP contribution is -2.56. The minimum absolute atomic E-state index is 0.170. The second-order valence-corrected chi connectivity index (χ2v) is 8.22. The largest absolute Gasteiger partial charge is 0.497 e. The normalized spacial score (nSPS) is 14.6. The number of benzene rings is 2. The highest BCUT2D eigenvalue weighted by Gasteiger charge is 2.28. The predicted molar refractivity (Wildman–Crippen MR) is 127 cm³/mol. The van der Waals surface area contributed by atoms with Gasteiger partial charge in [-0.25, -0.2) is 9.18 Å². The number of ether oxygens (including phenoxy) is 1. The fourth-order valence-corrected chi connectivity index (χ4v) is 4.14. The number of amides is 2. The van der Waals surface area contributed by atoms with E-state index in [4.69, 9.17) is 9.15 Å². The summed E-state index contributed by atoms with van der Waals surface area (Å²) in [5, 5.41) is 12.9. The van der Waals surface area contributed by atoms with Gasteiger partial charge in [0.15, 0.2) is 0 Å². The molecule has 2 heterocycles. The van der Waals surface area contributed by atoms with Crippen molar-refractivity contribution < 1.29 is 28.2 Å². The number of carbonyl (C=O) groups is 2. The van der Waals surface area contributed by atoms with E-state index in [0.29, 0.717) is 42.9 Å². The number of nitrogens with zero attached hydrogens (tertiary/aromatic N) is 2. The van der Waals surface area contributed by atoms with E-state index in [1.54, 1.807) is 35.2 Å². The molecule has 4 rings (SSSR count). The predicted octanol–water partition coefficient (Wildman–Crippen LogP) is 1.31. The molecular formula is C25H26FN3O6. The molecule has 0 bridgehead atoms. The Bertz CT molecular complexity index is 1270. The van der Waals surface area contributed by atoms with E-state index >= 15 is 0 Å². The molecule has 2 aromatic carbocycles. The summed E-state index contributed by atoms with van der Waals surface area (Å²) >= 11 is 0. The fourth-order valence-electron chi connectivity index (χ4n) is 4.14. The zero-order chi connectivity index (χ0) is 24.9. The van der Waals surface area contributed by atoms with E-state index in [1.165, 1.54) is 25.3 Å². The summed E-state index contributed by atoms with van der Waals surface area (Å²) in [7, 11) is 1.49. The summed E-state index contributed by atoms with van der Waals surface area (Å²) in [6, 6.07) is 11.2. The molecule has 1 fully saturated rings. The first-order valence-corrected chi connectivity index (χ1v) is 11.2. The quantitative estimate of drug-likeness (QED) is 0.488. The number of hydrogen-bond acceptors (Lipinski definition) is 7. The van der Waals surface area contributed by atoms with Crippen molar-refractivity contribution in [1.29, 1.82) is 0 Å². The second kappa shape index (κ2) is 10.6. The van der Waals surface area contributed by atoms with Crippen LogP contribution in [0.15, 0.2) is 57.7 Å². The average molecular weight is 483 g/mol. The van der Waals surface area contributed by atoms with E-state index in [1.807, 2.05) is 4.90 Å². The third kappa shape index (κ3) is 5.60. The number of methoxy groups -OCH3 is 1. The van der Waals surface area contributed by atoms with Crippen LogP contribution in [-0.4, -0.2) is 67.8 Å². The van der Waals surface area contributed by atoms with Gasteiger partial charge in [0.25, 0.3) is 0 Å². The van der Waals surface area contributed by atoms with Gasteiger partial charge in [-0.2, -0.15) is 0 Å². The zero-order valence-corrected chi connectivity index (χ0v) is 19.2. The maximum atomic E-state index is 13.2. The molecule has 9 nitrogen and oxygen atoms in total. The Hall–Kier alpha value is -3.92.